The summed E-state index contributed by atoms with van der Waals surface area (Å²) >= 11 is 0. The highest BCUT2D eigenvalue weighted by atomic mass is 16.5. The molecule has 0 radical (unpaired) electrons. The van der Waals surface area contributed by atoms with E-state index in [9.17, 15) is 20.1 Å². The predicted molar refractivity (Wildman–Crippen MR) is 102 cm³/mol. The standard InChI is InChI=1S/C21H26N2O5/c1-11(24)21(27)10-23(2)8-7-20-12-5-4-6-14(28-3)17(12)22-18(20)16(19(25)26)13(21)9-15(20)23/h4-6,11,13,15,22,24,27H,7-10H2,1-3H3/p+1/t11-,13+,15-,20+,21+,23?/m0/s1. The smallest absolute Gasteiger partial charge is 0.333 e. The minimum absolute atomic E-state index is 0.149. The Morgan fingerprint density at radius 2 is 2.18 bits per heavy atom. The van der Waals surface area contributed by atoms with Gasteiger partial charge in [-0.1, -0.05) is 12.1 Å². The van der Waals surface area contributed by atoms with E-state index in [1.807, 2.05) is 12.1 Å². The molecule has 2 fully saturated rings. The topological polar surface area (TPSA) is 99.0 Å². The van der Waals surface area contributed by atoms with E-state index in [0.717, 1.165) is 24.2 Å². The van der Waals surface area contributed by atoms with Crippen molar-refractivity contribution in [2.75, 3.05) is 32.6 Å². The molecule has 6 atom stereocenters. The molecule has 7 nitrogen and oxygen atoms in total. The van der Waals surface area contributed by atoms with Crippen molar-refractivity contribution in [3.63, 3.8) is 0 Å². The average Bonchev–Trinajstić information content (AvgIpc) is 3.14. The van der Waals surface area contributed by atoms with Gasteiger partial charge in [0, 0.05) is 24.5 Å². The number of nitrogens with zero attached hydrogens (tertiary/aromatic N) is 1. The Morgan fingerprint density at radius 1 is 1.43 bits per heavy atom. The number of aliphatic carboxylic acids is 1. The second-order valence-corrected chi connectivity index (χ2v) is 9.16. The van der Waals surface area contributed by atoms with E-state index >= 15 is 0 Å². The second-order valence-electron chi connectivity index (χ2n) is 9.16. The molecule has 0 saturated carbocycles. The molecule has 3 heterocycles. The zero-order valence-corrected chi connectivity index (χ0v) is 16.4. The highest BCUT2D eigenvalue weighted by Gasteiger charge is 2.72. The third kappa shape index (κ3) is 1.83. The van der Waals surface area contributed by atoms with E-state index in [4.69, 9.17) is 4.74 Å². The molecule has 1 aromatic carbocycles. The van der Waals surface area contributed by atoms with Crippen LogP contribution in [0.25, 0.3) is 0 Å². The number of fused-ring (bicyclic) bond motifs is 2. The van der Waals surface area contributed by atoms with Gasteiger partial charge in [0.25, 0.3) is 0 Å². The van der Waals surface area contributed by atoms with Crippen molar-refractivity contribution in [2.45, 2.75) is 42.9 Å². The Bertz CT molecular complexity index is 927. The maximum atomic E-state index is 12.4. The molecule has 1 aliphatic carbocycles. The quantitative estimate of drug-likeness (QED) is 0.579. The third-order valence-electron chi connectivity index (χ3n) is 8.01. The van der Waals surface area contributed by atoms with Gasteiger partial charge in [-0.3, -0.25) is 0 Å². The average molecular weight is 387 g/mol. The van der Waals surface area contributed by atoms with Gasteiger partial charge in [-0.15, -0.1) is 0 Å². The minimum Gasteiger partial charge on any atom is -0.495 e. The lowest BCUT2D eigenvalue weighted by molar-refractivity contribution is -0.937. The first-order chi connectivity index (χ1) is 13.2. The minimum atomic E-state index is -1.47. The number of anilines is 1. The summed E-state index contributed by atoms with van der Waals surface area (Å²) in [6.45, 7) is 2.74. The van der Waals surface area contributed by atoms with Crippen LogP contribution >= 0.6 is 0 Å². The van der Waals surface area contributed by atoms with Crippen molar-refractivity contribution in [3.8, 4) is 5.75 Å². The molecular weight excluding hydrogens is 360 g/mol. The number of rotatable bonds is 3. The van der Waals surface area contributed by atoms with Crippen LogP contribution in [0, 0.1) is 5.92 Å². The number of quaternary nitrogens is 1. The lowest BCUT2D eigenvalue weighted by atomic mass is 9.58. The van der Waals surface area contributed by atoms with Gasteiger partial charge in [0.15, 0.2) is 0 Å². The van der Waals surface area contributed by atoms with Gasteiger partial charge < -0.3 is 29.9 Å². The lowest BCUT2D eigenvalue weighted by Crippen LogP contribution is -2.72. The molecule has 0 aromatic heterocycles. The molecule has 2 bridgehead atoms. The molecule has 4 aliphatic rings. The number of para-hydroxylation sites is 1. The number of methoxy groups -OCH3 is 1. The van der Waals surface area contributed by atoms with Crippen LogP contribution in [-0.2, 0) is 10.2 Å². The number of likely N-dealkylation sites (N-methyl/N-ethyl adjacent to an activating group) is 1. The highest BCUT2D eigenvalue weighted by molar-refractivity contribution is 5.93. The van der Waals surface area contributed by atoms with Crippen molar-refractivity contribution in [2.24, 2.45) is 5.92 Å². The summed E-state index contributed by atoms with van der Waals surface area (Å²) in [5.74, 6) is -0.950. The number of ether oxygens (including phenoxy) is 1. The normalized spacial score (nSPS) is 41.2. The van der Waals surface area contributed by atoms with Gasteiger partial charge in [-0.25, -0.2) is 4.79 Å². The van der Waals surface area contributed by atoms with Crippen LogP contribution in [0.3, 0.4) is 0 Å². The molecule has 4 N–H and O–H groups in total. The Balaban J connectivity index is 1.84. The Labute approximate surface area is 163 Å². The maximum Gasteiger partial charge on any atom is 0.333 e. The zero-order chi connectivity index (χ0) is 20.1. The van der Waals surface area contributed by atoms with Crippen molar-refractivity contribution in [1.82, 2.24) is 0 Å². The van der Waals surface area contributed by atoms with Crippen LogP contribution < -0.4 is 10.1 Å². The van der Waals surface area contributed by atoms with E-state index in [2.05, 4.69) is 18.4 Å². The summed E-state index contributed by atoms with van der Waals surface area (Å²) in [6.07, 6.45) is 0.326. The number of benzene rings is 1. The first-order valence-electron chi connectivity index (χ1n) is 9.86. The molecule has 2 saturated heterocycles. The number of carbonyl (C=O) groups is 1. The van der Waals surface area contributed by atoms with Crippen molar-refractivity contribution in [1.29, 1.82) is 0 Å². The van der Waals surface area contributed by atoms with Gasteiger partial charge in [-0.2, -0.15) is 0 Å². The fourth-order valence-corrected chi connectivity index (χ4v) is 6.76. The number of carboxylic acid groups (broad SMARTS) is 1. The number of hydrogen-bond acceptors (Lipinski definition) is 5. The van der Waals surface area contributed by atoms with Crippen LogP contribution in [0.4, 0.5) is 5.69 Å². The van der Waals surface area contributed by atoms with Crippen LogP contribution in [0.15, 0.2) is 29.5 Å². The highest BCUT2D eigenvalue weighted by Crippen LogP contribution is 2.64. The fraction of sp³-hybridized carbons (Fsp3) is 0.571. The SMILES string of the molecule is COc1cccc2c1NC1=C(C(=O)O)[C@H]3C[C@H]4[C@]12CC[N+]4(C)C[C@@]3(O)[C@H](C)O. The molecule has 0 amide bonds. The number of carboxylic acids is 1. The molecule has 1 aromatic rings. The van der Waals surface area contributed by atoms with Gasteiger partial charge in [-0.05, 0) is 18.6 Å². The molecule has 7 heteroatoms. The van der Waals surface area contributed by atoms with E-state index < -0.39 is 29.0 Å². The number of aliphatic hydroxyl groups excluding tert-OH is 1. The zero-order valence-electron chi connectivity index (χ0n) is 16.4. The Kier molecular flexibility index (Phi) is 3.39. The molecule has 1 unspecified atom stereocenters. The van der Waals surface area contributed by atoms with Crippen LogP contribution in [-0.4, -0.2) is 70.8 Å². The van der Waals surface area contributed by atoms with Gasteiger partial charge in [0.2, 0.25) is 0 Å². The Hall–Kier alpha value is -2.09. The summed E-state index contributed by atoms with van der Waals surface area (Å²) in [5, 5.41) is 35.5. The van der Waals surface area contributed by atoms with Crippen molar-refractivity contribution >= 4 is 11.7 Å². The van der Waals surface area contributed by atoms with Gasteiger partial charge in [0.05, 0.1) is 43.5 Å². The first kappa shape index (κ1) is 18.0. The van der Waals surface area contributed by atoms with Crippen LogP contribution in [0.5, 0.6) is 5.75 Å². The molecule has 5 rings (SSSR count). The maximum absolute atomic E-state index is 12.4. The molecule has 28 heavy (non-hydrogen) atoms. The third-order valence-corrected chi connectivity index (χ3v) is 8.01. The van der Waals surface area contributed by atoms with E-state index in [0.29, 0.717) is 28.9 Å². The fourth-order valence-electron chi connectivity index (χ4n) is 6.76. The summed E-state index contributed by atoms with van der Waals surface area (Å²) in [7, 11) is 3.74. The summed E-state index contributed by atoms with van der Waals surface area (Å²) in [4.78, 5) is 12.4. The Morgan fingerprint density at radius 3 is 2.82 bits per heavy atom. The molecule has 150 valence electrons. The van der Waals surface area contributed by atoms with Crippen LogP contribution in [0.1, 0.15) is 25.3 Å². The predicted octanol–water partition coefficient (Wildman–Crippen LogP) is 1.06. The van der Waals surface area contributed by atoms with Gasteiger partial charge >= 0.3 is 5.97 Å². The number of nitrogens with one attached hydrogen (secondary N) is 1. The van der Waals surface area contributed by atoms with E-state index in [1.54, 1.807) is 14.0 Å². The number of piperidine rings is 1. The monoisotopic (exact) mass is 387 g/mol. The molecular formula is C21H27N2O5+. The van der Waals surface area contributed by atoms with Crippen molar-refractivity contribution < 1.29 is 29.3 Å². The van der Waals surface area contributed by atoms with E-state index in [-0.39, 0.29) is 11.6 Å². The van der Waals surface area contributed by atoms with Crippen molar-refractivity contribution in [3.05, 3.63) is 35.0 Å². The second kappa shape index (κ2) is 5.28. The van der Waals surface area contributed by atoms with Gasteiger partial charge in [0.1, 0.15) is 23.9 Å². The first-order valence-corrected chi connectivity index (χ1v) is 9.86. The largest absolute Gasteiger partial charge is 0.495 e. The van der Waals surface area contributed by atoms with E-state index in [1.165, 1.54) is 0 Å². The lowest BCUT2D eigenvalue weighted by Gasteiger charge is -2.57. The van der Waals surface area contributed by atoms with Crippen LogP contribution in [0.2, 0.25) is 0 Å². The summed E-state index contributed by atoms with van der Waals surface area (Å²) < 4.78 is 6.18. The molecule has 1 spiro atoms. The summed E-state index contributed by atoms with van der Waals surface area (Å²) in [6, 6.07) is 6.06. The number of hydrogen-bond donors (Lipinski definition) is 4. The number of aliphatic hydroxyl groups is 2. The molecule has 3 aliphatic heterocycles. The summed E-state index contributed by atoms with van der Waals surface area (Å²) in [5.41, 5.74) is 0.937.